The van der Waals surface area contributed by atoms with Crippen LogP contribution in [0.4, 0.5) is 0 Å². The van der Waals surface area contributed by atoms with E-state index in [1.54, 1.807) is 0 Å². The third-order valence-corrected chi connectivity index (χ3v) is 0. The van der Waals surface area contributed by atoms with E-state index < -0.39 is 0 Å². The summed E-state index contributed by atoms with van der Waals surface area (Å²) in [5.74, 6) is 0. The standard InChI is InChI=1S/Al.Mg.HNO2.5H/c;;2-1-3;;;;;/h;;(H,2,3);;;;;/q;+2;;;;;2*-1. The first-order valence-corrected chi connectivity index (χ1v) is 0.383. The summed E-state index contributed by atoms with van der Waals surface area (Å²) >= 11 is 0. The van der Waals surface area contributed by atoms with Crippen LogP contribution in [0.3, 0.4) is 0 Å². The molecule has 0 radical (unpaired) electrons. The molecule has 0 aliphatic heterocycles. The molecule has 3 nitrogen and oxygen atoms in total. The van der Waals surface area contributed by atoms with Gasteiger partial charge in [-0.15, -0.1) is 4.91 Å². The molecular weight excluding hydrogens is 97.3 g/mol. The van der Waals surface area contributed by atoms with Crippen LogP contribution >= 0.6 is 0 Å². The van der Waals surface area contributed by atoms with Crippen LogP contribution in [-0.2, 0) is 0 Å². The molecule has 0 bridgehead atoms. The summed E-state index contributed by atoms with van der Waals surface area (Å²) in [5.41, 5.74) is 0. The number of hydrogen-bond acceptors (Lipinski definition) is 2. The second-order valence-corrected chi connectivity index (χ2v) is 0.0816. The topological polar surface area (TPSA) is 49.7 Å². The Labute approximate surface area is 58.9 Å². The van der Waals surface area contributed by atoms with E-state index in [0.717, 1.165) is 0 Å². The quantitative estimate of drug-likeness (QED) is 0.238. The molecule has 0 spiro atoms. The summed E-state index contributed by atoms with van der Waals surface area (Å²) in [7, 11) is 0. The molecule has 5 heteroatoms. The zero-order chi connectivity index (χ0) is 2.71. The Morgan fingerprint density at radius 2 is 1.80 bits per heavy atom. The fourth-order valence-electron chi connectivity index (χ4n) is 0. The van der Waals surface area contributed by atoms with Crippen molar-refractivity contribution in [1.82, 2.24) is 0 Å². The van der Waals surface area contributed by atoms with Crippen molar-refractivity contribution < 1.29 is 8.06 Å². The van der Waals surface area contributed by atoms with Crippen LogP contribution in [0.1, 0.15) is 2.85 Å². The van der Waals surface area contributed by atoms with Gasteiger partial charge in [-0.2, -0.15) is 0 Å². The zero-order valence-corrected chi connectivity index (χ0v) is 3.42. The van der Waals surface area contributed by atoms with E-state index in [4.69, 9.17) is 10.1 Å². The molecule has 0 saturated carbocycles. The largest absolute Gasteiger partial charge is 2.00 e. The smallest absolute Gasteiger partial charge is 1.00 e. The van der Waals surface area contributed by atoms with Gasteiger partial charge in [0.1, 0.15) is 0 Å². The third kappa shape index (κ3) is 70.1. The third-order valence-electron chi connectivity index (χ3n) is 0. The summed E-state index contributed by atoms with van der Waals surface area (Å²) in [6, 6.07) is 0. The van der Waals surface area contributed by atoms with Crippen molar-refractivity contribution in [1.29, 1.82) is 0 Å². The van der Waals surface area contributed by atoms with E-state index >= 15 is 0 Å². The summed E-state index contributed by atoms with van der Waals surface area (Å²) in [6.07, 6.45) is 0. The van der Waals surface area contributed by atoms with Crippen molar-refractivity contribution >= 4 is 40.4 Å². The molecule has 0 rings (SSSR count). The molecule has 0 aromatic carbocycles. The van der Waals surface area contributed by atoms with Gasteiger partial charge in [0.15, 0.2) is 22.7 Å². The number of nitrogens with zero attached hydrogens (tertiary/aromatic N) is 1. The number of hydrogen-bond donors (Lipinski definition) is 1. The van der Waals surface area contributed by atoms with Crippen molar-refractivity contribution in [2.45, 2.75) is 0 Å². The molecule has 0 saturated heterocycles. The van der Waals surface area contributed by atoms with Crippen molar-refractivity contribution in [3.63, 3.8) is 0 Å². The molecular formula is H6AlMgNO2. The molecule has 0 aromatic rings. The van der Waals surface area contributed by atoms with E-state index in [-0.39, 0.29) is 43.3 Å². The van der Waals surface area contributed by atoms with Crippen LogP contribution in [-0.4, -0.2) is 45.6 Å². The molecule has 0 heterocycles. The summed E-state index contributed by atoms with van der Waals surface area (Å²) < 4.78 is 0. The average molecular weight is 103 g/mol. The fourth-order valence-corrected chi connectivity index (χ4v) is 0. The van der Waals surface area contributed by atoms with Crippen molar-refractivity contribution in [2.24, 2.45) is 5.34 Å². The maximum absolute atomic E-state index is 8.11. The summed E-state index contributed by atoms with van der Waals surface area (Å²) in [5, 5.41) is 7.89. The molecule has 0 amide bonds. The van der Waals surface area contributed by atoms with Crippen LogP contribution in [0.25, 0.3) is 0 Å². The van der Waals surface area contributed by atoms with E-state index in [9.17, 15) is 0 Å². The minimum Gasteiger partial charge on any atom is -1.00 e. The van der Waals surface area contributed by atoms with Gasteiger partial charge in [0.2, 0.25) is 0 Å². The van der Waals surface area contributed by atoms with Crippen LogP contribution in [0.2, 0.25) is 0 Å². The molecule has 28 valence electrons. The Morgan fingerprint density at radius 1 is 1.80 bits per heavy atom. The molecule has 0 fully saturated rings. The molecule has 0 aliphatic carbocycles. The monoisotopic (exact) mass is 103 g/mol. The minimum atomic E-state index is 0. The van der Waals surface area contributed by atoms with E-state index in [2.05, 4.69) is 0 Å². The first kappa shape index (κ1) is 17.3. The average Bonchev–Trinajstić information content (AvgIpc) is 0.918. The van der Waals surface area contributed by atoms with Crippen molar-refractivity contribution in [3.8, 4) is 0 Å². The van der Waals surface area contributed by atoms with Gasteiger partial charge in [0.05, 0.1) is 0 Å². The molecule has 1 N–H and O–H groups in total. The Balaban J connectivity index is -0.00000000333. The molecule has 5 heavy (non-hydrogen) atoms. The van der Waals surface area contributed by atoms with E-state index in [1.807, 2.05) is 0 Å². The Kier molecular flexibility index (Phi) is 77.0. The van der Waals surface area contributed by atoms with Gasteiger partial charge in [-0.3, -0.25) is 0 Å². The maximum atomic E-state index is 8.11. The van der Waals surface area contributed by atoms with Gasteiger partial charge < -0.3 is 8.06 Å². The first-order chi connectivity index (χ1) is 1.41. The predicted octanol–water partition coefficient (Wildman–Crippen LogP) is -1.20. The molecule has 0 aliphatic rings. The van der Waals surface area contributed by atoms with Gasteiger partial charge >= 0.3 is 23.1 Å². The van der Waals surface area contributed by atoms with Crippen LogP contribution in [0.15, 0.2) is 5.34 Å². The minimum absolute atomic E-state index is 0. The second kappa shape index (κ2) is 22.3. The van der Waals surface area contributed by atoms with Crippen LogP contribution in [0, 0.1) is 4.91 Å². The summed E-state index contributed by atoms with van der Waals surface area (Å²) in [6.45, 7) is 0. The van der Waals surface area contributed by atoms with Gasteiger partial charge in [-0.25, -0.2) is 0 Å². The SMILES string of the molecule is O=NO.[AlH3].[H-].[H-].[Mg+2]. The zero-order valence-electron chi connectivity index (χ0n) is 4.01. The molecule has 0 aromatic heterocycles. The Hall–Kier alpha value is 0.699. The van der Waals surface area contributed by atoms with Crippen LogP contribution in [0.5, 0.6) is 0 Å². The second-order valence-electron chi connectivity index (χ2n) is 0.0816. The predicted molar refractivity (Wildman–Crippen MR) is 25.5 cm³/mol. The molecule has 0 atom stereocenters. The van der Waals surface area contributed by atoms with E-state index in [1.165, 1.54) is 5.34 Å². The maximum Gasteiger partial charge on any atom is 2.00 e. The normalized spacial score (nSPS) is 2.40. The van der Waals surface area contributed by atoms with E-state index in [0.29, 0.717) is 0 Å². The van der Waals surface area contributed by atoms with Crippen molar-refractivity contribution in [3.05, 3.63) is 4.91 Å². The van der Waals surface area contributed by atoms with Gasteiger partial charge in [0.25, 0.3) is 0 Å². The Bertz CT molecular complexity index is 23.2. The van der Waals surface area contributed by atoms with Crippen LogP contribution < -0.4 is 0 Å². The Morgan fingerprint density at radius 3 is 1.80 bits per heavy atom. The number of rotatable bonds is 0. The first-order valence-electron chi connectivity index (χ1n) is 0.383. The van der Waals surface area contributed by atoms with Gasteiger partial charge in [-0.05, 0) is 0 Å². The molecule has 0 unspecified atom stereocenters. The van der Waals surface area contributed by atoms with Crippen molar-refractivity contribution in [2.75, 3.05) is 0 Å². The fraction of sp³-hybridized carbons (Fsp3) is 0. The van der Waals surface area contributed by atoms with Gasteiger partial charge in [0, 0.05) is 0 Å². The summed E-state index contributed by atoms with van der Waals surface area (Å²) in [4.78, 5) is 8.11. The van der Waals surface area contributed by atoms with Gasteiger partial charge in [-0.1, -0.05) is 0 Å².